The van der Waals surface area contributed by atoms with Crippen LogP contribution in [0.1, 0.15) is 16.3 Å². The van der Waals surface area contributed by atoms with Crippen LogP contribution in [0.2, 0.25) is 0 Å². The number of aryl methyl sites for hydroxylation is 1. The molecule has 0 atom stereocenters. The highest BCUT2D eigenvalue weighted by molar-refractivity contribution is 7.89. The first-order chi connectivity index (χ1) is 9.94. The number of nitrogens with zero attached hydrogens (tertiary/aromatic N) is 3. The molecule has 0 saturated carbocycles. The van der Waals surface area contributed by atoms with E-state index in [1.807, 2.05) is 0 Å². The van der Waals surface area contributed by atoms with Gasteiger partial charge in [-0.3, -0.25) is 9.89 Å². The van der Waals surface area contributed by atoms with Gasteiger partial charge in [0.1, 0.15) is 22.7 Å². The molecule has 2 aromatic heterocycles. The molecule has 1 amide bonds. The van der Waals surface area contributed by atoms with E-state index < -0.39 is 10.0 Å². The summed E-state index contributed by atoms with van der Waals surface area (Å²) in [6.45, 7) is 0.368. The van der Waals surface area contributed by atoms with E-state index in [9.17, 15) is 13.2 Å². The number of hydrogen-bond donors (Lipinski definition) is 3. The zero-order valence-corrected chi connectivity index (χ0v) is 12.4. The highest BCUT2D eigenvalue weighted by atomic mass is 32.2. The Labute approximate surface area is 121 Å². The van der Waals surface area contributed by atoms with Crippen LogP contribution in [0.4, 0.5) is 0 Å². The normalized spacial score (nSPS) is 11.5. The second-order valence-electron chi connectivity index (χ2n) is 4.32. The Kier molecular flexibility index (Phi) is 4.38. The van der Waals surface area contributed by atoms with Gasteiger partial charge < -0.3 is 9.88 Å². The third kappa shape index (κ3) is 3.47. The molecule has 0 aliphatic carbocycles. The Morgan fingerprint density at radius 2 is 2.24 bits per heavy atom. The molecule has 0 unspecified atom stereocenters. The van der Waals surface area contributed by atoms with Crippen LogP contribution in [0, 0.1) is 0 Å². The van der Waals surface area contributed by atoms with Crippen LogP contribution in [0.5, 0.6) is 0 Å². The summed E-state index contributed by atoms with van der Waals surface area (Å²) in [5.74, 6) is 0.315. The summed E-state index contributed by atoms with van der Waals surface area (Å²) < 4.78 is 27.0. The molecule has 3 N–H and O–H groups in total. The van der Waals surface area contributed by atoms with E-state index in [0.29, 0.717) is 18.8 Å². The van der Waals surface area contributed by atoms with Gasteiger partial charge in [-0.1, -0.05) is 0 Å². The lowest BCUT2D eigenvalue weighted by Gasteiger charge is -2.04. The summed E-state index contributed by atoms with van der Waals surface area (Å²) in [6.07, 6.45) is 3.29. The zero-order valence-electron chi connectivity index (χ0n) is 11.6. The lowest BCUT2D eigenvalue weighted by atomic mass is 10.3. The van der Waals surface area contributed by atoms with Crippen molar-refractivity contribution in [2.24, 2.45) is 7.05 Å². The first-order valence-corrected chi connectivity index (χ1v) is 7.64. The van der Waals surface area contributed by atoms with Crippen molar-refractivity contribution < 1.29 is 13.2 Å². The number of H-pyrrole nitrogens is 1. The summed E-state index contributed by atoms with van der Waals surface area (Å²) >= 11 is 0. The molecular weight excluding hydrogens is 296 g/mol. The lowest BCUT2D eigenvalue weighted by Crippen LogP contribution is -2.27. The Bertz CT molecular complexity index is 719. The Hall–Kier alpha value is -2.20. The van der Waals surface area contributed by atoms with Crippen LogP contribution in [-0.2, 0) is 23.5 Å². The lowest BCUT2D eigenvalue weighted by molar-refractivity contribution is 0.0946. The highest BCUT2D eigenvalue weighted by Gasteiger charge is 2.18. The Morgan fingerprint density at radius 1 is 1.48 bits per heavy atom. The van der Waals surface area contributed by atoms with Crippen molar-refractivity contribution in [3.8, 4) is 0 Å². The molecule has 2 rings (SSSR count). The fraction of sp³-hybridized carbons (Fsp3) is 0.364. The van der Waals surface area contributed by atoms with E-state index in [0.717, 1.165) is 0 Å². The maximum absolute atomic E-state index is 12.0. The van der Waals surface area contributed by atoms with Gasteiger partial charge in [-0.15, -0.1) is 0 Å². The number of amides is 1. The fourth-order valence-electron chi connectivity index (χ4n) is 1.76. The summed E-state index contributed by atoms with van der Waals surface area (Å²) in [4.78, 5) is 16.0. The molecule has 9 nitrogen and oxygen atoms in total. The van der Waals surface area contributed by atoms with Gasteiger partial charge in [0.15, 0.2) is 0 Å². The van der Waals surface area contributed by atoms with E-state index in [1.165, 1.54) is 30.2 Å². The third-order valence-corrected chi connectivity index (χ3v) is 4.29. The molecule has 10 heteroatoms. The topological polar surface area (TPSA) is 122 Å². The van der Waals surface area contributed by atoms with Crippen molar-refractivity contribution in [3.63, 3.8) is 0 Å². The minimum Gasteiger partial charge on any atom is -0.350 e. The van der Waals surface area contributed by atoms with E-state index >= 15 is 0 Å². The summed E-state index contributed by atoms with van der Waals surface area (Å²) in [6, 6.07) is 1.33. The van der Waals surface area contributed by atoms with Gasteiger partial charge in [0.25, 0.3) is 5.91 Å². The van der Waals surface area contributed by atoms with Crippen molar-refractivity contribution in [1.29, 1.82) is 0 Å². The molecule has 0 saturated heterocycles. The molecule has 114 valence electrons. The number of rotatable bonds is 6. The number of sulfonamides is 1. The monoisotopic (exact) mass is 312 g/mol. The summed E-state index contributed by atoms with van der Waals surface area (Å²) in [7, 11) is -0.633. The number of aromatic nitrogens is 4. The van der Waals surface area contributed by atoms with Crippen LogP contribution < -0.4 is 10.0 Å². The van der Waals surface area contributed by atoms with Crippen molar-refractivity contribution in [2.75, 3.05) is 13.6 Å². The van der Waals surface area contributed by atoms with E-state index in [2.05, 4.69) is 25.2 Å². The van der Waals surface area contributed by atoms with E-state index in [-0.39, 0.29) is 16.5 Å². The van der Waals surface area contributed by atoms with Gasteiger partial charge in [-0.25, -0.2) is 18.1 Å². The third-order valence-electron chi connectivity index (χ3n) is 2.90. The second kappa shape index (κ2) is 6.06. The summed E-state index contributed by atoms with van der Waals surface area (Å²) in [5.41, 5.74) is 0.265. The van der Waals surface area contributed by atoms with Gasteiger partial charge in [-0.2, -0.15) is 5.10 Å². The molecular formula is C11H16N6O3S. The standard InChI is InChI=1S/C11H16N6O3S/c1-12-21(19,20)8-5-9(17(2)6-8)11(18)13-4-3-10-14-7-15-16-10/h5-7,12H,3-4H2,1-2H3,(H,13,18)(H,14,15,16). The first kappa shape index (κ1) is 15.2. The zero-order chi connectivity index (χ0) is 15.5. The van der Waals surface area contributed by atoms with Crippen molar-refractivity contribution in [2.45, 2.75) is 11.3 Å². The molecule has 0 aromatic carbocycles. The molecule has 0 spiro atoms. The maximum Gasteiger partial charge on any atom is 0.267 e. The van der Waals surface area contributed by atoms with Gasteiger partial charge >= 0.3 is 0 Å². The second-order valence-corrected chi connectivity index (χ2v) is 6.20. The van der Waals surface area contributed by atoms with Gasteiger partial charge in [-0.05, 0) is 13.1 Å². The number of carbonyl (C=O) groups excluding carboxylic acids is 1. The first-order valence-electron chi connectivity index (χ1n) is 6.16. The Balaban J connectivity index is 2.02. The Morgan fingerprint density at radius 3 is 2.86 bits per heavy atom. The number of nitrogens with one attached hydrogen (secondary N) is 3. The van der Waals surface area contributed by atoms with Gasteiger partial charge in [0, 0.05) is 26.2 Å². The predicted octanol–water partition coefficient (Wildman–Crippen LogP) is -0.976. The van der Waals surface area contributed by atoms with Crippen molar-refractivity contribution in [3.05, 3.63) is 30.1 Å². The molecule has 0 radical (unpaired) electrons. The van der Waals surface area contributed by atoms with Gasteiger partial charge in [0.2, 0.25) is 10.0 Å². The molecule has 0 bridgehead atoms. The molecule has 2 aromatic rings. The largest absolute Gasteiger partial charge is 0.350 e. The summed E-state index contributed by atoms with van der Waals surface area (Å²) in [5, 5.41) is 9.09. The minimum absolute atomic E-state index is 0.0490. The van der Waals surface area contributed by atoms with Gasteiger partial charge in [0.05, 0.1) is 0 Å². The van der Waals surface area contributed by atoms with Crippen LogP contribution in [0.25, 0.3) is 0 Å². The number of carbonyl (C=O) groups is 1. The van der Waals surface area contributed by atoms with Crippen molar-refractivity contribution >= 4 is 15.9 Å². The number of aromatic amines is 1. The predicted molar refractivity (Wildman–Crippen MR) is 74.1 cm³/mol. The maximum atomic E-state index is 12.0. The quantitative estimate of drug-likeness (QED) is 0.633. The average molecular weight is 312 g/mol. The van der Waals surface area contributed by atoms with Crippen LogP contribution in [0.3, 0.4) is 0 Å². The van der Waals surface area contributed by atoms with E-state index in [1.54, 1.807) is 7.05 Å². The SMILES string of the molecule is CNS(=O)(=O)c1cc(C(=O)NCCc2ncn[nH]2)n(C)c1. The van der Waals surface area contributed by atoms with E-state index in [4.69, 9.17) is 0 Å². The smallest absolute Gasteiger partial charge is 0.267 e. The van der Waals surface area contributed by atoms with Crippen molar-refractivity contribution in [1.82, 2.24) is 29.8 Å². The molecule has 2 heterocycles. The average Bonchev–Trinajstić information content (AvgIpc) is 3.08. The number of hydrogen-bond acceptors (Lipinski definition) is 5. The minimum atomic E-state index is -3.56. The van der Waals surface area contributed by atoms with Crippen LogP contribution >= 0.6 is 0 Å². The fourth-order valence-corrected chi connectivity index (χ4v) is 2.56. The molecule has 0 aliphatic rings. The van der Waals surface area contributed by atoms with Crippen LogP contribution in [0.15, 0.2) is 23.5 Å². The highest BCUT2D eigenvalue weighted by Crippen LogP contribution is 2.12. The molecule has 0 fully saturated rings. The molecule has 21 heavy (non-hydrogen) atoms. The van der Waals surface area contributed by atoms with Crippen LogP contribution in [-0.4, -0.2) is 47.7 Å². The molecule has 0 aliphatic heterocycles.